The molecule has 0 saturated carbocycles. The van der Waals surface area contributed by atoms with E-state index in [1.165, 1.54) is 0 Å². The molecule has 0 bridgehead atoms. The Kier molecular flexibility index (Phi) is 2.77. The molecule has 0 aliphatic rings. The van der Waals surface area contributed by atoms with Crippen molar-refractivity contribution >= 4 is 22.4 Å². The van der Waals surface area contributed by atoms with Gasteiger partial charge >= 0.3 is 0 Å². The van der Waals surface area contributed by atoms with Crippen molar-refractivity contribution in [3.63, 3.8) is 0 Å². The minimum absolute atomic E-state index is 0.230. The zero-order chi connectivity index (χ0) is 11.5. The third kappa shape index (κ3) is 2.31. The number of carbonyl (C=O) groups excluding carboxylic acids is 1. The van der Waals surface area contributed by atoms with E-state index in [9.17, 15) is 4.79 Å². The highest BCUT2D eigenvalue weighted by atomic mass is 32.1. The maximum atomic E-state index is 11.5. The van der Waals surface area contributed by atoms with E-state index in [4.69, 9.17) is 5.73 Å². The number of aryl methyl sites for hydroxylation is 1. The first-order chi connectivity index (χ1) is 7.65. The number of nitrogens with one attached hydrogen (secondary N) is 1. The molecule has 3 N–H and O–H groups in total. The van der Waals surface area contributed by atoms with Crippen LogP contribution >= 0.6 is 11.3 Å². The van der Waals surface area contributed by atoms with Gasteiger partial charge < -0.3 is 11.1 Å². The molecule has 0 aromatic carbocycles. The Labute approximate surface area is 94.5 Å². The summed E-state index contributed by atoms with van der Waals surface area (Å²) in [6, 6.07) is 0. The number of hydrogen-bond donors (Lipinski definition) is 2. The van der Waals surface area contributed by atoms with Crippen LogP contribution in [0, 0.1) is 0 Å². The van der Waals surface area contributed by atoms with Gasteiger partial charge in [0.1, 0.15) is 6.33 Å². The SMILES string of the molecule is Cn1cnc(CNC(=O)c2nnc(N)s2)n1. The maximum absolute atomic E-state index is 11.5. The molecule has 0 atom stereocenters. The highest BCUT2D eigenvalue weighted by Gasteiger charge is 2.11. The van der Waals surface area contributed by atoms with Crippen LogP contribution in [-0.4, -0.2) is 30.9 Å². The van der Waals surface area contributed by atoms with Crippen LogP contribution in [0.25, 0.3) is 0 Å². The lowest BCUT2D eigenvalue weighted by atomic mass is 10.5. The van der Waals surface area contributed by atoms with Gasteiger partial charge in [-0.1, -0.05) is 11.3 Å². The maximum Gasteiger partial charge on any atom is 0.282 e. The second-order valence-electron chi connectivity index (χ2n) is 2.96. The first-order valence-corrected chi connectivity index (χ1v) is 5.18. The van der Waals surface area contributed by atoms with Gasteiger partial charge in [0.15, 0.2) is 5.82 Å². The topological polar surface area (TPSA) is 112 Å². The summed E-state index contributed by atoms with van der Waals surface area (Å²) >= 11 is 1.03. The lowest BCUT2D eigenvalue weighted by Gasteiger charge is -1.97. The summed E-state index contributed by atoms with van der Waals surface area (Å²) in [6.07, 6.45) is 1.56. The first-order valence-electron chi connectivity index (χ1n) is 4.37. The summed E-state index contributed by atoms with van der Waals surface area (Å²) in [5.74, 6) is 0.204. The minimum Gasteiger partial charge on any atom is -0.374 e. The zero-order valence-electron chi connectivity index (χ0n) is 8.41. The van der Waals surface area contributed by atoms with Gasteiger partial charge in [-0.3, -0.25) is 9.48 Å². The van der Waals surface area contributed by atoms with Crippen molar-refractivity contribution in [2.24, 2.45) is 7.05 Å². The summed E-state index contributed by atoms with van der Waals surface area (Å²) in [6.45, 7) is 0.249. The molecule has 8 nitrogen and oxygen atoms in total. The predicted molar refractivity (Wildman–Crippen MR) is 56.5 cm³/mol. The summed E-state index contributed by atoms with van der Waals surface area (Å²) < 4.78 is 1.56. The average molecular weight is 239 g/mol. The summed E-state index contributed by atoms with van der Waals surface area (Å²) in [5.41, 5.74) is 5.36. The van der Waals surface area contributed by atoms with Crippen molar-refractivity contribution in [2.45, 2.75) is 6.54 Å². The number of anilines is 1. The lowest BCUT2D eigenvalue weighted by Crippen LogP contribution is -2.23. The molecule has 2 aromatic heterocycles. The normalized spacial score (nSPS) is 10.3. The highest BCUT2D eigenvalue weighted by Crippen LogP contribution is 2.10. The van der Waals surface area contributed by atoms with E-state index in [2.05, 4.69) is 25.6 Å². The van der Waals surface area contributed by atoms with E-state index in [-0.39, 0.29) is 22.6 Å². The van der Waals surface area contributed by atoms with E-state index < -0.39 is 0 Å². The van der Waals surface area contributed by atoms with E-state index in [1.807, 2.05) is 0 Å². The Hall–Kier alpha value is -2.03. The number of rotatable bonds is 3. The van der Waals surface area contributed by atoms with Crippen molar-refractivity contribution in [1.29, 1.82) is 0 Å². The summed E-state index contributed by atoms with van der Waals surface area (Å²) in [5, 5.41) is 14.3. The number of hydrogen-bond acceptors (Lipinski definition) is 7. The van der Waals surface area contributed by atoms with Crippen molar-refractivity contribution < 1.29 is 4.79 Å². The number of nitrogens with two attached hydrogens (primary N) is 1. The second kappa shape index (κ2) is 4.23. The van der Waals surface area contributed by atoms with Crippen LogP contribution in [0.15, 0.2) is 6.33 Å². The largest absolute Gasteiger partial charge is 0.374 e. The molecular weight excluding hydrogens is 230 g/mol. The van der Waals surface area contributed by atoms with Crippen LogP contribution < -0.4 is 11.1 Å². The summed E-state index contributed by atoms with van der Waals surface area (Å²) in [7, 11) is 1.75. The standard InChI is InChI=1S/C7H9N7OS/c1-14-3-10-4(13-14)2-9-5(15)6-11-12-7(8)16-6/h3H,2H2,1H3,(H2,8,12)(H,9,15). The van der Waals surface area contributed by atoms with Crippen LogP contribution in [0.4, 0.5) is 5.13 Å². The smallest absolute Gasteiger partial charge is 0.282 e. The molecule has 2 rings (SSSR count). The van der Waals surface area contributed by atoms with Crippen molar-refractivity contribution in [3.05, 3.63) is 17.2 Å². The second-order valence-corrected chi connectivity index (χ2v) is 3.97. The van der Waals surface area contributed by atoms with Gasteiger partial charge in [0.25, 0.3) is 5.91 Å². The molecule has 0 spiro atoms. The molecule has 0 fully saturated rings. The molecule has 9 heteroatoms. The fourth-order valence-corrected chi connectivity index (χ4v) is 1.55. The quantitative estimate of drug-likeness (QED) is 0.723. The van der Waals surface area contributed by atoms with Crippen LogP contribution in [0.3, 0.4) is 0 Å². The number of amides is 1. The molecule has 2 heterocycles. The van der Waals surface area contributed by atoms with Gasteiger partial charge in [-0.15, -0.1) is 10.2 Å². The average Bonchev–Trinajstić information content (AvgIpc) is 2.84. The van der Waals surface area contributed by atoms with Gasteiger partial charge in [-0.2, -0.15) is 5.10 Å². The van der Waals surface area contributed by atoms with E-state index in [0.29, 0.717) is 5.82 Å². The number of carbonyl (C=O) groups is 1. The van der Waals surface area contributed by atoms with Gasteiger partial charge in [0.05, 0.1) is 6.54 Å². The number of nitrogens with zero attached hydrogens (tertiary/aromatic N) is 5. The molecule has 0 unspecified atom stereocenters. The molecule has 0 saturated heterocycles. The monoisotopic (exact) mass is 239 g/mol. The Morgan fingerprint density at radius 1 is 1.62 bits per heavy atom. The molecule has 2 aromatic rings. The van der Waals surface area contributed by atoms with Crippen LogP contribution in [0.1, 0.15) is 15.6 Å². The van der Waals surface area contributed by atoms with E-state index >= 15 is 0 Å². The first kappa shape index (κ1) is 10.5. The lowest BCUT2D eigenvalue weighted by molar-refractivity contribution is 0.0948. The molecule has 0 aliphatic heterocycles. The third-order valence-corrected chi connectivity index (χ3v) is 2.44. The molecule has 0 radical (unpaired) electrons. The number of aromatic nitrogens is 5. The molecule has 1 amide bonds. The Bertz CT molecular complexity index is 504. The van der Waals surface area contributed by atoms with Crippen molar-refractivity contribution in [3.8, 4) is 0 Å². The van der Waals surface area contributed by atoms with Gasteiger partial charge in [0.2, 0.25) is 10.1 Å². The van der Waals surface area contributed by atoms with E-state index in [0.717, 1.165) is 11.3 Å². The van der Waals surface area contributed by atoms with Crippen LogP contribution in [-0.2, 0) is 13.6 Å². The molecule has 0 aliphatic carbocycles. The van der Waals surface area contributed by atoms with Crippen LogP contribution in [0.5, 0.6) is 0 Å². The third-order valence-electron chi connectivity index (χ3n) is 1.69. The molecular formula is C7H9N7OS. The fraction of sp³-hybridized carbons (Fsp3) is 0.286. The van der Waals surface area contributed by atoms with Crippen molar-refractivity contribution in [2.75, 3.05) is 5.73 Å². The Morgan fingerprint density at radius 2 is 2.44 bits per heavy atom. The Morgan fingerprint density at radius 3 is 3.00 bits per heavy atom. The minimum atomic E-state index is -0.332. The van der Waals surface area contributed by atoms with Crippen LogP contribution in [0.2, 0.25) is 0 Å². The Balaban J connectivity index is 1.93. The molecule has 16 heavy (non-hydrogen) atoms. The highest BCUT2D eigenvalue weighted by molar-refractivity contribution is 7.16. The van der Waals surface area contributed by atoms with Gasteiger partial charge in [-0.05, 0) is 0 Å². The fourth-order valence-electron chi connectivity index (χ4n) is 1.03. The zero-order valence-corrected chi connectivity index (χ0v) is 9.23. The summed E-state index contributed by atoms with van der Waals surface area (Å²) in [4.78, 5) is 15.5. The number of nitrogen functional groups attached to an aromatic ring is 1. The van der Waals surface area contributed by atoms with Crippen molar-refractivity contribution in [1.82, 2.24) is 30.3 Å². The van der Waals surface area contributed by atoms with Gasteiger partial charge in [0, 0.05) is 7.05 Å². The molecule has 84 valence electrons. The predicted octanol–water partition coefficient (Wildman–Crippen LogP) is -0.821. The van der Waals surface area contributed by atoms with Gasteiger partial charge in [-0.25, -0.2) is 4.98 Å². The van der Waals surface area contributed by atoms with E-state index in [1.54, 1.807) is 18.1 Å².